The SMILES string of the molecule is CCC(=O)NC1(CCS(=N)(=O)CC[C@H](N)C(=O)O)CCC1. The first-order valence-corrected chi connectivity index (χ1v) is 9.13. The van der Waals surface area contributed by atoms with Crippen molar-refractivity contribution in [2.75, 3.05) is 11.5 Å². The number of aliphatic carboxylic acids is 1. The molecular formula is C13H25N3O4S. The van der Waals surface area contributed by atoms with E-state index >= 15 is 0 Å². The molecule has 1 unspecified atom stereocenters. The molecule has 0 radical (unpaired) electrons. The van der Waals surface area contributed by atoms with Crippen molar-refractivity contribution in [3.05, 3.63) is 0 Å². The summed E-state index contributed by atoms with van der Waals surface area (Å²) in [6.07, 6.45) is 3.67. The summed E-state index contributed by atoms with van der Waals surface area (Å²) in [6, 6.07) is -1.08. The number of nitrogens with one attached hydrogen (secondary N) is 2. The summed E-state index contributed by atoms with van der Waals surface area (Å²) < 4.78 is 20.0. The van der Waals surface area contributed by atoms with Gasteiger partial charge in [-0.2, -0.15) is 0 Å². The number of nitrogens with two attached hydrogens (primary N) is 1. The predicted octanol–water partition coefficient (Wildman–Crippen LogP) is 0.674. The lowest BCUT2D eigenvalue weighted by Crippen LogP contribution is -2.54. The van der Waals surface area contributed by atoms with E-state index in [-0.39, 0.29) is 29.4 Å². The van der Waals surface area contributed by atoms with Crippen molar-refractivity contribution in [2.45, 2.75) is 57.0 Å². The van der Waals surface area contributed by atoms with E-state index in [4.69, 9.17) is 15.6 Å². The predicted molar refractivity (Wildman–Crippen MR) is 80.5 cm³/mol. The van der Waals surface area contributed by atoms with Gasteiger partial charge in [0, 0.05) is 33.2 Å². The third-order valence-electron chi connectivity index (χ3n) is 4.02. The zero-order chi connectivity index (χ0) is 16.1. The summed E-state index contributed by atoms with van der Waals surface area (Å²) >= 11 is 0. The summed E-state index contributed by atoms with van der Waals surface area (Å²) in [5.41, 5.74) is 5.05. The van der Waals surface area contributed by atoms with Crippen molar-refractivity contribution in [1.82, 2.24) is 5.32 Å². The quantitative estimate of drug-likeness (QED) is 0.496. The number of carboxylic acids is 1. The lowest BCUT2D eigenvalue weighted by atomic mass is 9.74. The van der Waals surface area contributed by atoms with Crippen LogP contribution in [0.1, 0.15) is 45.4 Å². The minimum Gasteiger partial charge on any atom is -0.480 e. The second-order valence-corrected chi connectivity index (χ2v) is 8.18. The van der Waals surface area contributed by atoms with Crippen LogP contribution >= 0.6 is 0 Å². The first kappa shape index (κ1) is 17.9. The van der Waals surface area contributed by atoms with Gasteiger partial charge in [-0.15, -0.1) is 0 Å². The topological polar surface area (TPSA) is 133 Å². The number of carbonyl (C=O) groups is 2. The molecule has 7 nitrogen and oxygen atoms in total. The monoisotopic (exact) mass is 319 g/mol. The highest BCUT2D eigenvalue weighted by molar-refractivity contribution is 7.92. The van der Waals surface area contributed by atoms with Crippen LogP contribution < -0.4 is 11.1 Å². The van der Waals surface area contributed by atoms with Crippen LogP contribution in [0.5, 0.6) is 0 Å². The van der Waals surface area contributed by atoms with Crippen LogP contribution in [0.15, 0.2) is 0 Å². The Kier molecular flexibility index (Phi) is 6.15. The molecule has 0 bridgehead atoms. The number of carbonyl (C=O) groups excluding carboxylic acids is 1. The fraction of sp³-hybridized carbons (Fsp3) is 0.846. The van der Waals surface area contributed by atoms with Gasteiger partial charge < -0.3 is 16.2 Å². The van der Waals surface area contributed by atoms with Crippen LogP contribution in [0.25, 0.3) is 0 Å². The van der Waals surface area contributed by atoms with E-state index in [2.05, 4.69) is 5.32 Å². The van der Waals surface area contributed by atoms with Gasteiger partial charge in [0.1, 0.15) is 6.04 Å². The van der Waals surface area contributed by atoms with Crippen LogP contribution in [0.3, 0.4) is 0 Å². The zero-order valence-corrected chi connectivity index (χ0v) is 13.2. The molecule has 1 saturated carbocycles. The molecule has 1 aliphatic rings. The zero-order valence-electron chi connectivity index (χ0n) is 12.4. The van der Waals surface area contributed by atoms with E-state index in [1.165, 1.54) is 0 Å². The first-order valence-electron chi connectivity index (χ1n) is 7.23. The molecule has 0 heterocycles. The Labute approximate surface area is 125 Å². The fourth-order valence-corrected chi connectivity index (χ4v) is 3.89. The summed E-state index contributed by atoms with van der Waals surface area (Å²) in [6.45, 7) is 1.78. The summed E-state index contributed by atoms with van der Waals surface area (Å²) in [7, 11) is -2.86. The van der Waals surface area contributed by atoms with Crippen molar-refractivity contribution in [3.63, 3.8) is 0 Å². The molecule has 8 heteroatoms. The van der Waals surface area contributed by atoms with E-state index in [0.29, 0.717) is 12.8 Å². The van der Waals surface area contributed by atoms with Gasteiger partial charge >= 0.3 is 5.97 Å². The highest BCUT2D eigenvalue weighted by Gasteiger charge is 2.38. The van der Waals surface area contributed by atoms with E-state index in [0.717, 1.165) is 19.3 Å². The van der Waals surface area contributed by atoms with E-state index in [1.54, 1.807) is 6.92 Å². The first-order chi connectivity index (χ1) is 9.70. The molecule has 5 N–H and O–H groups in total. The minimum absolute atomic E-state index is 0.0156. The standard InChI is InChI=1S/C13H25N3O4S/c1-2-11(17)16-13(5-3-6-13)7-9-21(15,20)8-4-10(14)12(18)19/h10,15H,2-9,14H2,1H3,(H,16,17)(H,18,19)/t10-,21?/m0/s1. The van der Waals surface area contributed by atoms with Crippen molar-refractivity contribution < 1.29 is 18.9 Å². The molecule has 0 aromatic carbocycles. The van der Waals surface area contributed by atoms with Crippen LogP contribution in [0.2, 0.25) is 0 Å². The molecular weight excluding hydrogens is 294 g/mol. The maximum atomic E-state index is 12.2. The Hall–Kier alpha value is -1.15. The van der Waals surface area contributed by atoms with Gasteiger partial charge in [0.2, 0.25) is 5.91 Å². The number of rotatable bonds is 9. The van der Waals surface area contributed by atoms with Crippen LogP contribution in [-0.4, -0.2) is 44.3 Å². The molecule has 0 aliphatic heterocycles. The van der Waals surface area contributed by atoms with E-state index < -0.39 is 21.7 Å². The van der Waals surface area contributed by atoms with Crippen molar-refractivity contribution in [2.24, 2.45) is 5.73 Å². The number of carboxylic acid groups (broad SMARTS) is 1. The Morgan fingerprint density at radius 1 is 1.43 bits per heavy atom. The van der Waals surface area contributed by atoms with Gasteiger partial charge in [-0.3, -0.25) is 14.4 Å². The average Bonchev–Trinajstić information content (AvgIpc) is 2.38. The summed E-state index contributed by atoms with van der Waals surface area (Å²) in [5.74, 6) is -1.02. The van der Waals surface area contributed by atoms with Gasteiger partial charge in [-0.1, -0.05) is 6.92 Å². The third kappa shape index (κ3) is 5.62. The second-order valence-electron chi connectivity index (χ2n) is 5.74. The van der Waals surface area contributed by atoms with Gasteiger partial charge in [-0.25, -0.2) is 4.21 Å². The average molecular weight is 319 g/mol. The largest absolute Gasteiger partial charge is 0.480 e. The van der Waals surface area contributed by atoms with Crippen LogP contribution in [0, 0.1) is 4.78 Å². The normalized spacial score (nSPS) is 20.9. The van der Waals surface area contributed by atoms with Crippen LogP contribution in [-0.2, 0) is 19.3 Å². The van der Waals surface area contributed by atoms with Gasteiger partial charge in [0.25, 0.3) is 0 Å². The molecule has 1 fully saturated rings. The summed E-state index contributed by atoms with van der Waals surface area (Å²) in [4.78, 5) is 22.1. The van der Waals surface area contributed by atoms with Crippen molar-refractivity contribution in [1.29, 1.82) is 4.78 Å². The lowest BCUT2D eigenvalue weighted by molar-refractivity contribution is -0.138. The maximum Gasteiger partial charge on any atom is 0.320 e. The Morgan fingerprint density at radius 2 is 2.05 bits per heavy atom. The summed E-state index contributed by atoms with van der Waals surface area (Å²) in [5, 5.41) is 11.7. The van der Waals surface area contributed by atoms with E-state index in [9.17, 15) is 13.8 Å². The number of hydrogen-bond donors (Lipinski definition) is 4. The Morgan fingerprint density at radius 3 is 2.48 bits per heavy atom. The smallest absolute Gasteiger partial charge is 0.320 e. The third-order valence-corrected chi connectivity index (χ3v) is 5.78. The molecule has 0 aromatic rings. The van der Waals surface area contributed by atoms with Gasteiger partial charge in [-0.05, 0) is 32.1 Å². The van der Waals surface area contributed by atoms with Crippen molar-refractivity contribution >= 4 is 21.6 Å². The highest BCUT2D eigenvalue weighted by Crippen LogP contribution is 2.35. The maximum absolute atomic E-state index is 12.2. The molecule has 2 atom stereocenters. The molecule has 0 saturated heterocycles. The Balaban J connectivity index is 2.48. The lowest BCUT2D eigenvalue weighted by Gasteiger charge is -2.43. The molecule has 0 aromatic heterocycles. The molecule has 21 heavy (non-hydrogen) atoms. The second kappa shape index (κ2) is 7.22. The molecule has 122 valence electrons. The molecule has 1 amide bonds. The van der Waals surface area contributed by atoms with Crippen LogP contribution in [0.4, 0.5) is 0 Å². The fourth-order valence-electron chi connectivity index (χ4n) is 2.33. The van der Waals surface area contributed by atoms with Gasteiger partial charge in [0.15, 0.2) is 0 Å². The minimum atomic E-state index is -2.86. The Bertz CT molecular complexity index is 486. The molecule has 1 aliphatic carbocycles. The van der Waals surface area contributed by atoms with E-state index in [1.807, 2.05) is 0 Å². The molecule has 0 spiro atoms. The van der Waals surface area contributed by atoms with Gasteiger partial charge in [0.05, 0.1) is 0 Å². The highest BCUT2D eigenvalue weighted by atomic mass is 32.2. The molecule has 1 rings (SSSR count). The van der Waals surface area contributed by atoms with Crippen molar-refractivity contribution in [3.8, 4) is 0 Å². The number of amides is 1. The number of hydrogen-bond acceptors (Lipinski definition) is 5.